The lowest BCUT2D eigenvalue weighted by molar-refractivity contribution is 0.739. The second-order valence-corrected chi connectivity index (χ2v) is 2.88. The van der Waals surface area contributed by atoms with Crippen LogP contribution in [0.5, 0.6) is 0 Å². The van der Waals surface area contributed by atoms with Gasteiger partial charge in [-0.3, -0.25) is 0 Å². The summed E-state index contributed by atoms with van der Waals surface area (Å²) in [6, 6.07) is 0. The van der Waals surface area contributed by atoms with Gasteiger partial charge in [0.25, 0.3) is 0 Å². The minimum atomic E-state index is 0.692. The minimum Gasteiger partial charge on any atom is -0.363 e. The van der Waals surface area contributed by atoms with Crippen LogP contribution in [0.3, 0.4) is 0 Å². The largest absolute Gasteiger partial charge is 0.363 e. The van der Waals surface area contributed by atoms with Crippen molar-refractivity contribution in [3.63, 3.8) is 0 Å². The molecule has 0 rings (SSSR count). The maximum atomic E-state index is 5.32. The molecule has 0 amide bonds. The maximum absolute atomic E-state index is 5.32. The van der Waals surface area contributed by atoms with Crippen molar-refractivity contribution in [1.82, 2.24) is 10.6 Å². The minimum absolute atomic E-state index is 0.692. The normalized spacial score (nSPS) is 9.50. The van der Waals surface area contributed by atoms with E-state index in [0.29, 0.717) is 18.2 Å². The molecule has 0 heterocycles. The molecule has 0 saturated heterocycles. The molecule has 0 aromatic heterocycles. The molecule has 0 radical (unpaired) electrons. The van der Waals surface area contributed by atoms with Gasteiger partial charge in [-0.1, -0.05) is 0 Å². The number of thiocarbonyl (C=S) groups is 1. The molecule has 12 heavy (non-hydrogen) atoms. The first-order chi connectivity index (χ1) is 5.81. The number of nitrogens with two attached hydrogens (primary N) is 2. The van der Waals surface area contributed by atoms with Crippen LogP contribution < -0.4 is 22.1 Å². The highest BCUT2D eigenvalue weighted by molar-refractivity contribution is 7.80. The molecule has 0 aliphatic heterocycles. The van der Waals surface area contributed by atoms with Crippen molar-refractivity contribution in [2.24, 2.45) is 11.5 Å². The Hall–Kier alpha value is -0.390. The Morgan fingerprint density at radius 3 is 1.75 bits per heavy atom. The average Bonchev–Trinajstić information content (AvgIpc) is 2.06. The van der Waals surface area contributed by atoms with Gasteiger partial charge in [0.1, 0.15) is 0 Å². The molecule has 0 aromatic carbocycles. The lowest BCUT2D eigenvalue weighted by Gasteiger charge is -2.08. The second kappa shape index (κ2) is 8.70. The van der Waals surface area contributed by atoms with E-state index in [1.54, 1.807) is 0 Å². The first-order valence-corrected chi connectivity index (χ1v) is 4.64. The summed E-state index contributed by atoms with van der Waals surface area (Å²) in [4.78, 5) is 0. The highest BCUT2D eigenvalue weighted by atomic mass is 32.1. The number of hydrogen-bond acceptors (Lipinski definition) is 3. The van der Waals surface area contributed by atoms with Gasteiger partial charge in [-0.2, -0.15) is 0 Å². The zero-order valence-electron chi connectivity index (χ0n) is 7.31. The fraction of sp³-hybridized carbons (Fsp3) is 0.857. The third kappa shape index (κ3) is 7.71. The van der Waals surface area contributed by atoms with Crippen molar-refractivity contribution in [2.45, 2.75) is 12.8 Å². The van der Waals surface area contributed by atoms with Crippen LogP contribution in [-0.4, -0.2) is 31.3 Å². The lowest BCUT2D eigenvalue weighted by atomic mass is 10.4. The zero-order chi connectivity index (χ0) is 9.23. The maximum Gasteiger partial charge on any atom is 0.166 e. The van der Waals surface area contributed by atoms with Crippen molar-refractivity contribution in [3.05, 3.63) is 0 Å². The van der Waals surface area contributed by atoms with E-state index < -0.39 is 0 Å². The van der Waals surface area contributed by atoms with Gasteiger partial charge < -0.3 is 22.1 Å². The fourth-order valence-electron chi connectivity index (χ4n) is 0.670. The molecule has 0 atom stereocenters. The van der Waals surface area contributed by atoms with Gasteiger partial charge in [0, 0.05) is 13.1 Å². The van der Waals surface area contributed by atoms with E-state index in [2.05, 4.69) is 10.6 Å². The predicted molar refractivity (Wildman–Crippen MR) is 55.9 cm³/mol. The van der Waals surface area contributed by atoms with E-state index in [0.717, 1.165) is 25.9 Å². The molecule has 4 nitrogen and oxygen atoms in total. The summed E-state index contributed by atoms with van der Waals surface area (Å²) in [6.45, 7) is 3.06. The molecular formula is C7H18N4S. The molecule has 72 valence electrons. The average molecular weight is 190 g/mol. The summed E-state index contributed by atoms with van der Waals surface area (Å²) in [5, 5.41) is 6.78. The standard InChI is InChI=1S/C7H18N4S/c8-3-1-5-10-7(12)11-6-2-4-9/h1-6,8-9H2,(H2,10,11,12). The smallest absolute Gasteiger partial charge is 0.166 e. The van der Waals surface area contributed by atoms with Gasteiger partial charge in [0.05, 0.1) is 0 Å². The topological polar surface area (TPSA) is 76.1 Å². The van der Waals surface area contributed by atoms with Crippen LogP contribution in [0.15, 0.2) is 0 Å². The summed E-state index contributed by atoms with van der Waals surface area (Å²) < 4.78 is 0. The van der Waals surface area contributed by atoms with E-state index >= 15 is 0 Å². The third-order valence-electron chi connectivity index (χ3n) is 1.33. The molecule has 0 aliphatic carbocycles. The molecule has 0 unspecified atom stereocenters. The van der Waals surface area contributed by atoms with Gasteiger partial charge >= 0.3 is 0 Å². The van der Waals surface area contributed by atoms with Crippen molar-refractivity contribution >= 4 is 17.3 Å². The van der Waals surface area contributed by atoms with Gasteiger partial charge in [0.15, 0.2) is 5.11 Å². The van der Waals surface area contributed by atoms with Crippen molar-refractivity contribution in [1.29, 1.82) is 0 Å². The second-order valence-electron chi connectivity index (χ2n) is 2.47. The summed E-state index contributed by atoms with van der Waals surface area (Å²) >= 11 is 4.98. The van der Waals surface area contributed by atoms with Crippen LogP contribution in [0.1, 0.15) is 12.8 Å². The monoisotopic (exact) mass is 190 g/mol. The Morgan fingerprint density at radius 2 is 1.42 bits per heavy atom. The van der Waals surface area contributed by atoms with E-state index in [9.17, 15) is 0 Å². The van der Waals surface area contributed by atoms with E-state index in [1.165, 1.54) is 0 Å². The summed E-state index contributed by atoms with van der Waals surface area (Å²) in [5.41, 5.74) is 10.6. The number of rotatable bonds is 6. The highest BCUT2D eigenvalue weighted by Gasteiger charge is 1.91. The third-order valence-corrected chi connectivity index (χ3v) is 1.62. The predicted octanol–water partition coefficient (Wildman–Crippen LogP) is -0.852. The summed E-state index contributed by atoms with van der Waals surface area (Å²) in [6.07, 6.45) is 1.89. The van der Waals surface area contributed by atoms with Gasteiger partial charge in [-0.05, 0) is 38.1 Å². The quantitative estimate of drug-likeness (QED) is 0.324. The zero-order valence-corrected chi connectivity index (χ0v) is 8.12. The van der Waals surface area contributed by atoms with Crippen molar-refractivity contribution in [3.8, 4) is 0 Å². The van der Waals surface area contributed by atoms with Crippen molar-refractivity contribution < 1.29 is 0 Å². The number of nitrogens with one attached hydrogen (secondary N) is 2. The van der Waals surface area contributed by atoms with Crippen LogP contribution in [-0.2, 0) is 0 Å². The van der Waals surface area contributed by atoms with Gasteiger partial charge in [0.2, 0.25) is 0 Å². The molecule has 0 spiro atoms. The van der Waals surface area contributed by atoms with Gasteiger partial charge in [-0.25, -0.2) is 0 Å². The fourth-order valence-corrected chi connectivity index (χ4v) is 0.875. The lowest BCUT2D eigenvalue weighted by Crippen LogP contribution is -2.37. The Bertz CT molecular complexity index is 106. The Labute approximate surface area is 79.1 Å². The van der Waals surface area contributed by atoms with Gasteiger partial charge in [-0.15, -0.1) is 0 Å². The first kappa shape index (κ1) is 11.6. The first-order valence-electron chi connectivity index (χ1n) is 4.23. The molecule has 0 aliphatic rings. The molecule has 5 heteroatoms. The summed E-state index contributed by atoms with van der Waals surface area (Å²) in [5.74, 6) is 0. The van der Waals surface area contributed by atoms with Crippen molar-refractivity contribution in [2.75, 3.05) is 26.2 Å². The Balaban J connectivity index is 3.10. The highest BCUT2D eigenvalue weighted by Crippen LogP contribution is 1.74. The SMILES string of the molecule is NCCCNC(=S)NCCCN. The Morgan fingerprint density at radius 1 is 1.00 bits per heavy atom. The van der Waals surface area contributed by atoms with Crippen LogP contribution in [0.4, 0.5) is 0 Å². The summed E-state index contributed by atoms with van der Waals surface area (Å²) in [7, 11) is 0. The molecule has 0 aromatic rings. The molecule has 6 N–H and O–H groups in total. The van der Waals surface area contributed by atoms with Crippen LogP contribution in [0, 0.1) is 0 Å². The van der Waals surface area contributed by atoms with E-state index in [4.69, 9.17) is 23.7 Å². The molecule has 0 saturated carbocycles. The molecule has 0 fully saturated rings. The van der Waals surface area contributed by atoms with Crippen LogP contribution >= 0.6 is 12.2 Å². The van der Waals surface area contributed by atoms with E-state index in [-0.39, 0.29) is 0 Å². The molecular weight excluding hydrogens is 172 g/mol. The van der Waals surface area contributed by atoms with Crippen LogP contribution in [0.25, 0.3) is 0 Å². The van der Waals surface area contributed by atoms with Crippen LogP contribution in [0.2, 0.25) is 0 Å². The number of hydrogen-bond donors (Lipinski definition) is 4. The Kier molecular flexibility index (Phi) is 8.42. The van der Waals surface area contributed by atoms with E-state index in [1.807, 2.05) is 0 Å². The molecule has 0 bridgehead atoms.